The Balaban J connectivity index is 1.88. The summed E-state index contributed by atoms with van der Waals surface area (Å²) in [5.74, 6) is 0.424. The minimum Gasteiger partial charge on any atom is -0.366 e. The fourth-order valence-electron chi connectivity index (χ4n) is 3.80. The van der Waals surface area contributed by atoms with Gasteiger partial charge in [-0.3, -0.25) is 14.9 Å². The van der Waals surface area contributed by atoms with Crippen molar-refractivity contribution in [3.63, 3.8) is 0 Å². The number of carbonyl (C=O) groups is 1. The standard InChI is InChI=1S/C22H27N3O3/c1-15(2)18-8-4-5-9-19(18)23-22(26)17-10-11-20(21(13-17)25(27)28)24-12-6-7-16(3)14-24/h4-5,8-11,13,15-16H,6-7,12,14H2,1-3H3,(H,23,26)/t16-/m1/s1. The maximum Gasteiger partial charge on any atom is 0.293 e. The fraction of sp³-hybridized carbons (Fsp3) is 0.409. The number of piperidine rings is 1. The zero-order chi connectivity index (χ0) is 20.3. The van der Waals surface area contributed by atoms with E-state index in [2.05, 4.69) is 31.0 Å². The Labute approximate surface area is 165 Å². The van der Waals surface area contributed by atoms with Gasteiger partial charge in [-0.1, -0.05) is 39.0 Å². The molecule has 1 aliphatic heterocycles. The molecule has 0 bridgehead atoms. The largest absolute Gasteiger partial charge is 0.366 e. The highest BCUT2D eigenvalue weighted by molar-refractivity contribution is 6.05. The highest BCUT2D eigenvalue weighted by Gasteiger charge is 2.25. The van der Waals surface area contributed by atoms with Crippen LogP contribution in [0.3, 0.4) is 0 Å². The number of nitro benzene ring substituents is 1. The summed E-state index contributed by atoms with van der Waals surface area (Å²) in [7, 11) is 0. The lowest BCUT2D eigenvalue weighted by atomic mass is 9.99. The van der Waals surface area contributed by atoms with Crippen molar-refractivity contribution in [2.75, 3.05) is 23.3 Å². The van der Waals surface area contributed by atoms with Gasteiger partial charge in [0.2, 0.25) is 0 Å². The topological polar surface area (TPSA) is 75.5 Å². The number of anilines is 2. The number of carbonyl (C=O) groups excluding carboxylic acids is 1. The molecule has 6 heteroatoms. The number of para-hydroxylation sites is 1. The molecule has 148 valence electrons. The van der Waals surface area contributed by atoms with Gasteiger partial charge in [-0.25, -0.2) is 0 Å². The third kappa shape index (κ3) is 4.32. The summed E-state index contributed by atoms with van der Waals surface area (Å²) in [5, 5.41) is 14.6. The minimum atomic E-state index is -0.395. The van der Waals surface area contributed by atoms with Crippen molar-refractivity contribution in [2.24, 2.45) is 5.92 Å². The summed E-state index contributed by atoms with van der Waals surface area (Å²) in [4.78, 5) is 26.1. The van der Waals surface area contributed by atoms with Crippen LogP contribution in [0.1, 0.15) is 55.5 Å². The quantitative estimate of drug-likeness (QED) is 0.570. The molecule has 0 radical (unpaired) electrons. The second kappa shape index (κ2) is 8.42. The molecule has 1 atom stereocenters. The summed E-state index contributed by atoms with van der Waals surface area (Å²) in [6.07, 6.45) is 2.16. The zero-order valence-electron chi connectivity index (χ0n) is 16.6. The number of nitrogens with zero attached hydrogens (tertiary/aromatic N) is 2. The van der Waals surface area contributed by atoms with E-state index in [1.807, 2.05) is 24.3 Å². The van der Waals surface area contributed by atoms with E-state index in [-0.39, 0.29) is 17.5 Å². The number of rotatable bonds is 5. The Morgan fingerprint density at radius 2 is 2.00 bits per heavy atom. The van der Waals surface area contributed by atoms with Gasteiger partial charge in [-0.15, -0.1) is 0 Å². The number of nitrogens with one attached hydrogen (secondary N) is 1. The lowest BCUT2D eigenvalue weighted by Crippen LogP contribution is -2.34. The molecule has 6 nitrogen and oxygen atoms in total. The molecule has 1 aliphatic rings. The van der Waals surface area contributed by atoms with E-state index in [1.165, 1.54) is 6.07 Å². The molecule has 0 spiro atoms. The summed E-state index contributed by atoms with van der Waals surface area (Å²) >= 11 is 0. The number of hydrogen-bond donors (Lipinski definition) is 1. The number of benzene rings is 2. The third-order valence-corrected chi connectivity index (χ3v) is 5.26. The first kappa shape index (κ1) is 19.9. The molecular weight excluding hydrogens is 354 g/mol. The van der Waals surface area contributed by atoms with Gasteiger partial charge in [0.15, 0.2) is 0 Å². The molecule has 2 aromatic rings. The molecule has 0 saturated carbocycles. The molecule has 1 saturated heterocycles. The molecule has 2 aromatic carbocycles. The van der Waals surface area contributed by atoms with Crippen molar-refractivity contribution in [2.45, 2.75) is 39.5 Å². The SMILES string of the molecule is CC(C)c1ccccc1NC(=O)c1ccc(N2CCC[C@@H](C)C2)c([N+](=O)[O-])c1. The Hall–Kier alpha value is -2.89. The molecule has 3 rings (SSSR count). The van der Waals surface area contributed by atoms with Crippen molar-refractivity contribution in [1.29, 1.82) is 0 Å². The van der Waals surface area contributed by atoms with E-state index >= 15 is 0 Å². The van der Waals surface area contributed by atoms with Gasteiger partial charge in [0.25, 0.3) is 11.6 Å². The number of amides is 1. The number of nitro groups is 1. The lowest BCUT2D eigenvalue weighted by molar-refractivity contribution is -0.384. The summed E-state index contributed by atoms with van der Waals surface area (Å²) in [6.45, 7) is 7.88. The van der Waals surface area contributed by atoms with Gasteiger partial charge < -0.3 is 10.2 Å². The van der Waals surface area contributed by atoms with Gasteiger partial charge >= 0.3 is 0 Å². The second-order valence-corrected chi connectivity index (χ2v) is 7.85. The first-order valence-electron chi connectivity index (χ1n) is 9.80. The van der Waals surface area contributed by atoms with Crippen LogP contribution in [-0.4, -0.2) is 23.9 Å². The first-order chi connectivity index (χ1) is 13.4. The predicted molar refractivity (Wildman–Crippen MR) is 112 cm³/mol. The zero-order valence-corrected chi connectivity index (χ0v) is 16.6. The average molecular weight is 381 g/mol. The van der Waals surface area contributed by atoms with Crippen molar-refractivity contribution in [3.8, 4) is 0 Å². The van der Waals surface area contributed by atoms with E-state index in [1.54, 1.807) is 12.1 Å². The van der Waals surface area contributed by atoms with Gasteiger partial charge in [0.05, 0.1) is 4.92 Å². The lowest BCUT2D eigenvalue weighted by Gasteiger charge is -2.32. The maximum absolute atomic E-state index is 12.8. The van der Waals surface area contributed by atoms with Gasteiger partial charge in [0.1, 0.15) is 5.69 Å². The van der Waals surface area contributed by atoms with E-state index in [4.69, 9.17) is 0 Å². The Bertz CT molecular complexity index is 879. The van der Waals surface area contributed by atoms with Crippen molar-refractivity contribution in [3.05, 3.63) is 63.7 Å². The van der Waals surface area contributed by atoms with Crippen molar-refractivity contribution < 1.29 is 9.72 Å². The summed E-state index contributed by atoms with van der Waals surface area (Å²) in [5.41, 5.74) is 2.64. The van der Waals surface area contributed by atoms with Crippen LogP contribution < -0.4 is 10.2 Å². The van der Waals surface area contributed by atoms with Crippen molar-refractivity contribution >= 4 is 23.0 Å². The van der Waals surface area contributed by atoms with Gasteiger partial charge in [0, 0.05) is 30.4 Å². The van der Waals surface area contributed by atoms with E-state index in [0.717, 1.165) is 37.2 Å². The predicted octanol–water partition coefficient (Wildman–Crippen LogP) is 5.21. The van der Waals surface area contributed by atoms with Crippen LogP contribution in [0.2, 0.25) is 0 Å². The molecule has 1 N–H and O–H groups in total. The smallest absolute Gasteiger partial charge is 0.293 e. The molecule has 1 heterocycles. The molecule has 28 heavy (non-hydrogen) atoms. The molecule has 1 fully saturated rings. The van der Waals surface area contributed by atoms with Crippen LogP contribution in [0.25, 0.3) is 0 Å². The summed E-state index contributed by atoms with van der Waals surface area (Å²) < 4.78 is 0. The van der Waals surface area contributed by atoms with Crippen LogP contribution in [0.4, 0.5) is 17.1 Å². The molecule has 0 aromatic heterocycles. The van der Waals surface area contributed by atoms with Crippen LogP contribution in [0.15, 0.2) is 42.5 Å². The Kier molecular flexibility index (Phi) is 5.97. The van der Waals surface area contributed by atoms with E-state index in [9.17, 15) is 14.9 Å². The van der Waals surface area contributed by atoms with Crippen LogP contribution in [-0.2, 0) is 0 Å². The maximum atomic E-state index is 12.8. The highest BCUT2D eigenvalue weighted by Crippen LogP contribution is 2.33. The normalized spacial score (nSPS) is 16.9. The molecular formula is C22H27N3O3. The van der Waals surface area contributed by atoms with Crippen molar-refractivity contribution in [1.82, 2.24) is 0 Å². The third-order valence-electron chi connectivity index (χ3n) is 5.26. The fourth-order valence-corrected chi connectivity index (χ4v) is 3.80. The van der Waals surface area contributed by atoms with Crippen LogP contribution >= 0.6 is 0 Å². The van der Waals surface area contributed by atoms with E-state index < -0.39 is 4.92 Å². The Morgan fingerprint density at radius 1 is 1.25 bits per heavy atom. The van der Waals surface area contributed by atoms with Gasteiger partial charge in [-0.05, 0) is 48.4 Å². The summed E-state index contributed by atoms with van der Waals surface area (Å²) in [6, 6.07) is 12.4. The molecule has 0 unspecified atom stereocenters. The van der Waals surface area contributed by atoms with Gasteiger partial charge in [-0.2, -0.15) is 0 Å². The molecule has 1 amide bonds. The minimum absolute atomic E-state index is 0.0149. The van der Waals surface area contributed by atoms with Crippen LogP contribution in [0, 0.1) is 16.0 Å². The first-order valence-corrected chi connectivity index (χ1v) is 9.80. The second-order valence-electron chi connectivity index (χ2n) is 7.85. The van der Waals surface area contributed by atoms with E-state index in [0.29, 0.717) is 17.2 Å². The highest BCUT2D eigenvalue weighted by atomic mass is 16.6. The molecule has 0 aliphatic carbocycles. The number of hydrogen-bond acceptors (Lipinski definition) is 4. The Morgan fingerprint density at radius 3 is 2.68 bits per heavy atom. The van der Waals surface area contributed by atoms with Crippen LogP contribution in [0.5, 0.6) is 0 Å². The average Bonchev–Trinajstić information content (AvgIpc) is 2.67. The monoisotopic (exact) mass is 381 g/mol.